The summed E-state index contributed by atoms with van der Waals surface area (Å²) in [6.45, 7) is 0.492. The molecule has 0 saturated carbocycles. The molecule has 0 amide bonds. The van der Waals surface area contributed by atoms with Crippen molar-refractivity contribution in [2.45, 2.75) is 6.54 Å². The monoisotopic (exact) mass is 347 g/mol. The number of methoxy groups -OCH3 is 1. The number of aromatic nitrogens is 5. The standard InChI is InChI=1S/C18H17N7O/c1-26-17-7-6-11(9-21-17)14-8-15(25-18(19)24-14)20-10-16-22-12-4-2-3-5-13(12)23-16/h2-9H,10H2,1H3,(H,22,23)(H3,19,20,24,25). The Morgan fingerprint density at radius 3 is 2.77 bits per heavy atom. The maximum Gasteiger partial charge on any atom is 0.222 e. The van der Waals surface area contributed by atoms with E-state index in [1.807, 2.05) is 36.4 Å². The summed E-state index contributed by atoms with van der Waals surface area (Å²) in [4.78, 5) is 20.5. The van der Waals surface area contributed by atoms with Crippen molar-refractivity contribution in [1.82, 2.24) is 24.9 Å². The first-order valence-electron chi connectivity index (χ1n) is 8.04. The van der Waals surface area contributed by atoms with Crippen LogP contribution in [0.1, 0.15) is 5.82 Å². The first-order chi connectivity index (χ1) is 12.7. The van der Waals surface area contributed by atoms with E-state index in [2.05, 4.69) is 30.2 Å². The molecule has 0 bridgehead atoms. The van der Waals surface area contributed by atoms with Crippen LogP contribution >= 0.6 is 0 Å². The van der Waals surface area contributed by atoms with Gasteiger partial charge in [0, 0.05) is 23.9 Å². The van der Waals surface area contributed by atoms with E-state index < -0.39 is 0 Å². The molecule has 1 aromatic carbocycles. The molecule has 4 N–H and O–H groups in total. The SMILES string of the molecule is COc1ccc(-c2cc(NCc3nc4ccccc4[nH]3)nc(N)n2)cn1. The lowest BCUT2D eigenvalue weighted by Gasteiger charge is -2.08. The van der Waals surface area contributed by atoms with Crippen molar-refractivity contribution in [3.63, 3.8) is 0 Å². The van der Waals surface area contributed by atoms with E-state index in [-0.39, 0.29) is 5.95 Å². The van der Waals surface area contributed by atoms with Crippen molar-refractivity contribution >= 4 is 22.8 Å². The maximum atomic E-state index is 5.85. The zero-order valence-electron chi connectivity index (χ0n) is 14.1. The molecule has 8 heteroatoms. The minimum Gasteiger partial charge on any atom is -0.481 e. The predicted molar refractivity (Wildman–Crippen MR) is 99.6 cm³/mol. The fraction of sp³-hybridized carbons (Fsp3) is 0.111. The highest BCUT2D eigenvalue weighted by Crippen LogP contribution is 2.22. The van der Waals surface area contributed by atoms with Crippen LogP contribution in [0.4, 0.5) is 11.8 Å². The molecule has 130 valence electrons. The van der Waals surface area contributed by atoms with Crippen LogP contribution in [-0.2, 0) is 6.54 Å². The zero-order valence-corrected chi connectivity index (χ0v) is 14.1. The summed E-state index contributed by atoms with van der Waals surface area (Å²) in [5.74, 6) is 2.16. The van der Waals surface area contributed by atoms with Crippen molar-refractivity contribution in [3.8, 4) is 17.1 Å². The highest BCUT2D eigenvalue weighted by molar-refractivity contribution is 5.74. The van der Waals surface area contributed by atoms with Crippen molar-refractivity contribution in [2.24, 2.45) is 0 Å². The maximum absolute atomic E-state index is 5.85. The topological polar surface area (TPSA) is 115 Å². The van der Waals surface area contributed by atoms with E-state index in [9.17, 15) is 0 Å². The Labute approximate surface area is 149 Å². The molecular weight excluding hydrogens is 330 g/mol. The molecule has 8 nitrogen and oxygen atoms in total. The molecular formula is C18H17N7O. The van der Waals surface area contributed by atoms with Crippen LogP contribution in [-0.4, -0.2) is 32.0 Å². The van der Waals surface area contributed by atoms with Gasteiger partial charge in [0.15, 0.2) is 0 Å². The largest absolute Gasteiger partial charge is 0.481 e. The number of pyridine rings is 1. The Balaban J connectivity index is 1.55. The second kappa shape index (κ2) is 6.67. The third-order valence-electron chi connectivity index (χ3n) is 3.86. The Hall–Kier alpha value is -3.68. The number of ether oxygens (including phenoxy) is 1. The number of rotatable bonds is 5. The number of para-hydroxylation sites is 2. The Morgan fingerprint density at radius 2 is 2.00 bits per heavy atom. The molecule has 0 unspecified atom stereocenters. The smallest absolute Gasteiger partial charge is 0.222 e. The molecule has 0 fully saturated rings. The Morgan fingerprint density at radius 1 is 1.12 bits per heavy atom. The van der Waals surface area contributed by atoms with Crippen molar-refractivity contribution in [2.75, 3.05) is 18.2 Å². The number of nitrogens with two attached hydrogens (primary N) is 1. The molecule has 4 rings (SSSR count). The fourth-order valence-corrected chi connectivity index (χ4v) is 2.62. The molecule has 4 aromatic rings. The lowest BCUT2D eigenvalue weighted by atomic mass is 10.2. The fourth-order valence-electron chi connectivity index (χ4n) is 2.62. The van der Waals surface area contributed by atoms with Gasteiger partial charge in [-0.1, -0.05) is 12.1 Å². The lowest BCUT2D eigenvalue weighted by Crippen LogP contribution is -2.06. The van der Waals surface area contributed by atoms with Gasteiger partial charge in [-0.3, -0.25) is 0 Å². The minimum absolute atomic E-state index is 0.186. The van der Waals surface area contributed by atoms with Gasteiger partial charge in [-0.05, 0) is 18.2 Å². The number of hydrogen-bond acceptors (Lipinski definition) is 7. The number of nitrogen functional groups attached to an aromatic ring is 1. The van der Waals surface area contributed by atoms with Crippen LogP contribution in [0.3, 0.4) is 0 Å². The highest BCUT2D eigenvalue weighted by atomic mass is 16.5. The van der Waals surface area contributed by atoms with Crippen LogP contribution in [0.2, 0.25) is 0 Å². The summed E-state index contributed by atoms with van der Waals surface area (Å²) in [6.07, 6.45) is 1.68. The second-order valence-electron chi connectivity index (χ2n) is 5.64. The highest BCUT2D eigenvalue weighted by Gasteiger charge is 2.07. The van der Waals surface area contributed by atoms with E-state index in [0.29, 0.717) is 23.9 Å². The summed E-state index contributed by atoms with van der Waals surface area (Å²) >= 11 is 0. The van der Waals surface area contributed by atoms with Gasteiger partial charge in [0.25, 0.3) is 0 Å². The summed E-state index contributed by atoms with van der Waals surface area (Å²) in [6, 6.07) is 13.4. The molecule has 0 saturated heterocycles. The number of anilines is 2. The average molecular weight is 347 g/mol. The first-order valence-corrected chi connectivity index (χ1v) is 8.04. The van der Waals surface area contributed by atoms with Gasteiger partial charge in [0.2, 0.25) is 11.8 Å². The molecule has 0 aliphatic carbocycles. The normalized spacial score (nSPS) is 10.8. The van der Waals surface area contributed by atoms with Crippen molar-refractivity contribution in [1.29, 1.82) is 0 Å². The van der Waals surface area contributed by atoms with Gasteiger partial charge < -0.3 is 20.8 Å². The van der Waals surface area contributed by atoms with E-state index in [1.165, 1.54) is 0 Å². The molecule has 3 aromatic heterocycles. The van der Waals surface area contributed by atoms with Crippen LogP contribution in [0.5, 0.6) is 5.88 Å². The number of nitrogens with zero attached hydrogens (tertiary/aromatic N) is 4. The molecule has 0 atom stereocenters. The average Bonchev–Trinajstić information content (AvgIpc) is 3.09. The number of benzene rings is 1. The van der Waals surface area contributed by atoms with Crippen molar-refractivity contribution < 1.29 is 4.74 Å². The summed E-state index contributed by atoms with van der Waals surface area (Å²) in [5, 5.41) is 3.23. The molecule has 0 spiro atoms. The molecule has 0 aliphatic rings. The van der Waals surface area contributed by atoms with E-state index in [0.717, 1.165) is 22.4 Å². The summed E-state index contributed by atoms with van der Waals surface area (Å²) < 4.78 is 5.07. The van der Waals surface area contributed by atoms with Gasteiger partial charge in [-0.2, -0.15) is 4.98 Å². The van der Waals surface area contributed by atoms with Gasteiger partial charge in [0.05, 0.1) is 30.4 Å². The molecule has 26 heavy (non-hydrogen) atoms. The number of H-pyrrole nitrogens is 1. The Kier molecular flexibility index (Phi) is 4.06. The predicted octanol–water partition coefficient (Wildman–Crippen LogP) is 2.62. The number of imidazole rings is 1. The number of fused-ring (bicyclic) bond motifs is 1. The molecule has 3 heterocycles. The third-order valence-corrected chi connectivity index (χ3v) is 3.86. The van der Waals surface area contributed by atoms with E-state index >= 15 is 0 Å². The van der Waals surface area contributed by atoms with E-state index in [1.54, 1.807) is 19.4 Å². The van der Waals surface area contributed by atoms with E-state index in [4.69, 9.17) is 10.5 Å². The van der Waals surface area contributed by atoms with Crippen LogP contribution in [0.25, 0.3) is 22.3 Å². The van der Waals surface area contributed by atoms with Crippen molar-refractivity contribution in [3.05, 3.63) is 54.5 Å². The molecule has 0 aliphatic heterocycles. The summed E-state index contributed by atoms with van der Waals surface area (Å²) in [5.41, 5.74) is 9.28. The Bertz CT molecular complexity index is 1010. The van der Waals surface area contributed by atoms with Crippen LogP contribution < -0.4 is 15.8 Å². The first kappa shape index (κ1) is 15.8. The minimum atomic E-state index is 0.186. The number of aromatic amines is 1. The molecule has 0 radical (unpaired) electrons. The quantitative estimate of drug-likeness (QED) is 0.508. The third kappa shape index (κ3) is 3.25. The van der Waals surface area contributed by atoms with Gasteiger partial charge in [0.1, 0.15) is 11.6 Å². The second-order valence-corrected chi connectivity index (χ2v) is 5.64. The number of nitrogens with one attached hydrogen (secondary N) is 2. The van der Waals surface area contributed by atoms with Gasteiger partial charge in [-0.15, -0.1) is 0 Å². The zero-order chi connectivity index (χ0) is 17.9. The van der Waals surface area contributed by atoms with Gasteiger partial charge in [-0.25, -0.2) is 15.0 Å². The van der Waals surface area contributed by atoms with Gasteiger partial charge >= 0.3 is 0 Å². The lowest BCUT2D eigenvalue weighted by molar-refractivity contribution is 0.398. The van der Waals surface area contributed by atoms with Crippen LogP contribution in [0.15, 0.2) is 48.7 Å². The van der Waals surface area contributed by atoms with Crippen LogP contribution in [0, 0.1) is 0 Å². The summed E-state index contributed by atoms with van der Waals surface area (Å²) in [7, 11) is 1.57. The number of hydrogen-bond donors (Lipinski definition) is 3.